The molecule has 10 heteroatoms. The summed E-state index contributed by atoms with van der Waals surface area (Å²) in [5.74, 6) is 0.281. The van der Waals surface area contributed by atoms with E-state index < -0.39 is 21.8 Å². The van der Waals surface area contributed by atoms with Gasteiger partial charge in [0.1, 0.15) is 0 Å². The lowest BCUT2D eigenvalue weighted by Gasteiger charge is -2.43. The van der Waals surface area contributed by atoms with Gasteiger partial charge in [0.05, 0.1) is 4.91 Å². The van der Waals surface area contributed by atoms with Crippen molar-refractivity contribution in [3.8, 4) is 0 Å². The Bertz CT molecular complexity index is 1050. The minimum atomic E-state index is -4.79. The van der Waals surface area contributed by atoms with Crippen LogP contribution in [-0.2, 0) is 15.6 Å². The molecule has 0 amide bonds. The van der Waals surface area contributed by atoms with Crippen molar-refractivity contribution in [2.75, 3.05) is 24.5 Å². The van der Waals surface area contributed by atoms with Crippen molar-refractivity contribution >= 4 is 32.8 Å². The largest absolute Gasteiger partial charge is 0.421 e. The van der Waals surface area contributed by atoms with Gasteiger partial charge in [0.25, 0.3) is 0 Å². The van der Waals surface area contributed by atoms with Crippen molar-refractivity contribution in [2.24, 2.45) is 5.92 Å². The van der Waals surface area contributed by atoms with Crippen molar-refractivity contribution in [3.05, 3.63) is 53.0 Å². The average Bonchev–Trinajstić information content (AvgIpc) is 2.73. The number of aliphatic hydroxyl groups is 1. The predicted octanol–water partition coefficient (Wildman–Crippen LogP) is 4.54. The number of nitrogens with zero attached hydrogens (tertiary/aromatic N) is 2. The highest BCUT2D eigenvalue weighted by molar-refractivity contribution is 7.96. The second-order valence-corrected chi connectivity index (χ2v) is 11.4. The van der Waals surface area contributed by atoms with Gasteiger partial charge in [0.15, 0.2) is 5.60 Å². The van der Waals surface area contributed by atoms with Crippen LogP contribution in [0.2, 0.25) is 0 Å². The van der Waals surface area contributed by atoms with E-state index in [9.17, 15) is 26.7 Å². The lowest BCUT2D eigenvalue weighted by Crippen LogP contribution is -2.55. The molecular weight excluding hydrogens is 473 g/mol. The van der Waals surface area contributed by atoms with Crippen LogP contribution in [-0.4, -0.2) is 54.5 Å². The quantitative estimate of drug-likeness (QED) is 0.579. The molecule has 0 saturated carbocycles. The summed E-state index contributed by atoms with van der Waals surface area (Å²) in [5, 5.41) is 9.93. The highest BCUT2D eigenvalue weighted by Gasteiger charge is 2.51. The second kappa shape index (κ2) is 9.48. The van der Waals surface area contributed by atoms with E-state index in [2.05, 4.69) is 0 Å². The van der Waals surface area contributed by atoms with Gasteiger partial charge in [-0.15, -0.1) is 0 Å². The number of allylic oxidation sites excluding steroid dienone is 4. The number of anilines is 1. The van der Waals surface area contributed by atoms with Crippen LogP contribution in [0.25, 0.3) is 0 Å². The Labute approximate surface area is 198 Å². The number of sulfonamides is 1. The first kappa shape index (κ1) is 25.9. The fraction of sp³-hybridized carbons (Fsp3) is 0.522. The van der Waals surface area contributed by atoms with Crippen LogP contribution >= 0.6 is 12.2 Å². The molecule has 1 aromatic rings. The van der Waals surface area contributed by atoms with Gasteiger partial charge in [0.2, 0.25) is 10.0 Å². The molecule has 2 unspecified atom stereocenters. The fourth-order valence-corrected chi connectivity index (χ4v) is 6.24. The Morgan fingerprint density at radius 3 is 2.36 bits per heavy atom. The molecular formula is C23H29F3N2O3S2. The average molecular weight is 503 g/mol. The zero-order valence-corrected chi connectivity index (χ0v) is 20.5. The smallest absolute Gasteiger partial charge is 0.376 e. The summed E-state index contributed by atoms with van der Waals surface area (Å²) in [6, 6.07) is 5.50. The maximum Gasteiger partial charge on any atom is 0.421 e. The molecule has 1 heterocycles. The first-order valence-electron chi connectivity index (χ1n) is 10.8. The molecule has 0 spiro atoms. The molecule has 182 valence electrons. The standard InChI is InChI=1S/C23H29F3N2O3S2/c1-16(2)14-19-15-27(33(30,31)21-7-5-4-6-20(21)32)12-13-28(19)18-10-8-17(9-11-18)22(3,29)23(24,25)26/h4-5,7-11,16,19,29H,6,12-15H2,1-3H3. The van der Waals surface area contributed by atoms with Gasteiger partial charge in [-0.05, 0) is 43.0 Å². The molecule has 2 aliphatic rings. The van der Waals surface area contributed by atoms with E-state index in [0.717, 1.165) is 6.92 Å². The van der Waals surface area contributed by atoms with Gasteiger partial charge in [-0.2, -0.15) is 17.5 Å². The van der Waals surface area contributed by atoms with Gasteiger partial charge >= 0.3 is 6.18 Å². The molecule has 1 fully saturated rings. The van der Waals surface area contributed by atoms with Crippen LogP contribution < -0.4 is 4.90 Å². The number of hydrogen-bond donors (Lipinski definition) is 1. The van der Waals surface area contributed by atoms with Gasteiger partial charge in [-0.1, -0.05) is 50.4 Å². The summed E-state index contributed by atoms with van der Waals surface area (Å²) in [6.45, 7) is 5.70. The Morgan fingerprint density at radius 1 is 1.18 bits per heavy atom. The number of benzene rings is 1. The topological polar surface area (TPSA) is 60.9 Å². The molecule has 2 atom stereocenters. The monoisotopic (exact) mass is 502 g/mol. The summed E-state index contributed by atoms with van der Waals surface area (Å²) in [6.07, 6.45) is 1.39. The molecule has 1 saturated heterocycles. The van der Waals surface area contributed by atoms with Crippen LogP contribution in [0.1, 0.15) is 39.2 Å². The minimum absolute atomic E-state index is 0.157. The Kier molecular flexibility index (Phi) is 7.43. The molecule has 33 heavy (non-hydrogen) atoms. The van der Waals surface area contributed by atoms with Gasteiger partial charge in [-0.3, -0.25) is 0 Å². The van der Waals surface area contributed by atoms with E-state index in [-0.39, 0.29) is 35.5 Å². The third-order valence-electron chi connectivity index (χ3n) is 6.08. The number of halogens is 3. The summed E-state index contributed by atoms with van der Waals surface area (Å²) >= 11 is 5.28. The van der Waals surface area contributed by atoms with Crippen LogP contribution in [0, 0.1) is 5.92 Å². The third kappa shape index (κ3) is 5.34. The Morgan fingerprint density at radius 2 is 1.82 bits per heavy atom. The number of thiocarbonyl (C=S) groups is 1. The summed E-state index contributed by atoms with van der Waals surface area (Å²) < 4.78 is 67.5. The maximum absolute atomic E-state index is 13.3. The van der Waals surface area contributed by atoms with Crippen LogP contribution in [0.3, 0.4) is 0 Å². The molecule has 5 nitrogen and oxygen atoms in total. The number of rotatable bonds is 6. The van der Waals surface area contributed by atoms with Gasteiger partial charge in [-0.25, -0.2) is 8.42 Å². The summed E-state index contributed by atoms with van der Waals surface area (Å²) in [7, 11) is -3.73. The lowest BCUT2D eigenvalue weighted by molar-refractivity contribution is -0.258. The van der Waals surface area contributed by atoms with Crippen molar-refractivity contribution in [1.29, 1.82) is 0 Å². The minimum Gasteiger partial charge on any atom is -0.376 e. The van der Waals surface area contributed by atoms with E-state index in [4.69, 9.17) is 12.2 Å². The lowest BCUT2D eigenvalue weighted by atomic mass is 9.94. The van der Waals surface area contributed by atoms with Gasteiger partial charge in [0, 0.05) is 42.6 Å². The van der Waals surface area contributed by atoms with E-state index >= 15 is 0 Å². The third-order valence-corrected chi connectivity index (χ3v) is 8.55. The molecule has 1 N–H and O–H groups in total. The van der Waals surface area contributed by atoms with Crippen molar-refractivity contribution in [3.63, 3.8) is 0 Å². The van der Waals surface area contributed by atoms with Crippen LogP contribution in [0.4, 0.5) is 18.9 Å². The first-order valence-corrected chi connectivity index (χ1v) is 12.7. The number of alkyl halides is 3. The van der Waals surface area contributed by atoms with Crippen LogP contribution in [0.5, 0.6) is 0 Å². The van der Waals surface area contributed by atoms with E-state index in [1.165, 1.54) is 22.5 Å². The molecule has 0 bridgehead atoms. The first-order chi connectivity index (χ1) is 15.2. The number of hydrogen-bond acceptors (Lipinski definition) is 5. The molecule has 0 radical (unpaired) electrons. The second-order valence-electron chi connectivity index (χ2n) is 9.04. The van der Waals surface area contributed by atoms with Crippen molar-refractivity contribution < 1.29 is 26.7 Å². The highest BCUT2D eigenvalue weighted by atomic mass is 32.2. The van der Waals surface area contributed by atoms with Gasteiger partial charge < -0.3 is 10.0 Å². The fourth-order valence-electron chi connectivity index (χ4n) is 4.16. The molecule has 3 rings (SSSR count). The molecule has 1 aliphatic carbocycles. The Hall–Kier alpha value is -1.75. The maximum atomic E-state index is 13.3. The van der Waals surface area contributed by atoms with E-state index in [1.807, 2.05) is 24.8 Å². The van der Waals surface area contributed by atoms with E-state index in [0.29, 0.717) is 29.9 Å². The molecule has 1 aromatic carbocycles. The molecule has 1 aliphatic heterocycles. The summed E-state index contributed by atoms with van der Waals surface area (Å²) in [4.78, 5) is 2.59. The SMILES string of the molecule is CC(C)CC1CN(S(=O)(=O)C2=CC=CCC2=S)CCN1c1ccc(C(C)(O)C(F)(F)F)cc1. The number of piperazine rings is 1. The summed E-state index contributed by atoms with van der Waals surface area (Å²) in [5.41, 5.74) is -2.50. The Balaban J connectivity index is 1.85. The van der Waals surface area contributed by atoms with Crippen molar-refractivity contribution in [1.82, 2.24) is 4.31 Å². The highest BCUT2D eigenvalue weighted by Crippen LogP contribution is 2.39. The normalized spacial score (nSPS) is 22.4. The van der Waals surface area contributed by atoms with Crippen molar-refractivity contribution in [2.45, 2.75) is 51.4 Å². The predicted molar refractivity (Wildman–Crippen MR) is 128 cm³/mol. The molecule has 0 aromatic heterocycles. The zero-order valence-electron chi connectivity index (χ0n) is 18.8. The van der Waals surface area contributed by atoms with Crippen LogP contribution in [0.15, 0.2) is 47.4 Å². The van der Waals surface area contributed by atoms with E-state index in [1.54, 1.807) is 18.2 Å². The zero-order chi connectivity index (χ0) is 24.6.